The first-order valence-corrected chi connectivity index (χ1v) is 7.09. The fourth-order valence-electron chi connectivity index (χ4n) is 3.26. The van der Waals surface area contributed by atoms with Crippen LogP contribution >= 0.6 is 0 Å². The zero-order valence-electron chi connectivity index (χ0n) is 12.4. The Labute approximate surface area is 120 Å². The van der Waals surface area contributed by atoms with Crippen molar-refractivity contribution in [2.24, 2.45) is 12.8 Å². The van der Waals surface area contributed by atoms with Gasteiger partial charge in [-0.3, -0.25) is 9.58 Å². The molecule has 2 heterocycles. The molecule has 1 aromatic carbocycles. The van der Waals surface area contributed by atoms with Crippen LogP contribution < -0.4 is 5.73 Å². The van der Waals surface area contributed by atoms with E-state index in [0.29, 0.717) is 18.5 Å². The SMILES string of the molecule is Cc1ccc2c(c1)C(CN)N(C)CC2c1cnn(C)c1. The molecule has 2 aromatic rings. The molecule has 4 heteroatoms. The zero-order chi connectivity index (χ0) is 14.3. The van der Waals surface area contributed by atoms with E-state index in [1.165, 1.54) is 22.3 Å². The van der Waals surface area contributed by atoms with E-state index >= 15 is 0 Å². The third kappa shape index (κ3) is 2.15. The van der Waals surface area contributed by atoms with Gasteiger partial charge in [-0.25, -0.2) is 0 Å². The molecule has 4 nitrogen and oxygen atoms in total. The number of benzene rings is 1. The Hall–Kier alpha value is -1.65. The minimum atomic E-state index is 0.317. The number of rotatable bonds is 2. The normalized spacial score (nSPS) is 22.8. The maximum Gasteiger partial charge on any atom is 0.0528 e. The van der Waals surface area contributed by atoms with Gasteiger partial charge in [0.15, 0.2) is 0 Å². The van der Waals surface area contributed by atoms with Crippen LogP contribution in [0.15, 0.2) is 30.6 Å². The summed E-state index contributed by atoms with van der Waals surface area (Å²) >= 11 is 0. The molecule has 20 heavy (non-hydrogen) atoms. The van der Waals surface area contributed by atoms with E-state index in [1.54, 1.807) is 0 Å². The molecule has 1 aromatic heterocycles. The minimum Gasteiger partial charge on any atom is -0.329 e. The van der Waals surface area contributed by atoms with Crippen LogP contribution in [-0.4, -0.2) is 34.8 Å². The molecule has 2 N–H and O–H groups in total. The number of hydrogen-bond acceptors (Lipinski definition) is 3. The maximum absolute atomic E-state index is 5.99. The molecule has 0 saturated heterocycles. The van der Waals surface area contributed by atoms with Crippen molar-refractivity contribution in [3.8, 4) is 0 Å². The average molecular weight is 270 g/mol. The van der Waals surface area contributed by atoms with Gasteiger partial charge in [-0.05, 0) is 30.7 Å². The van der Waals surface area contributed by atoms with Gasteiger partial charge in [0.1, 0.15) is 0 Å². The first kappa shape index (κ1) is 13.3. The number of aromatic nitrogens is 2. The Bertz CT molecular complexity index is 617. The van der Waals surface area contributed by atoms with E-state index in [0.717, 1.165) is 6.54 Å². The summed E-state index contributed by atoms with van der Waals surface area (Å²) in [5.74, 6) is 0.382. The summed E-state index contributed by atoms with van der Waals surface area (Å²) in [5.41, 5.74) is 11.3. The highest BCUT2D eigenvalue weighted by Gasteiger charge is 2.31. The summed E-state index contributed by atoms with van der Waals surface area (Å²) in [6.45, 7) is 3.79. The van der Waals surface area contributed by atoms with E-state index in [2.05, 4.69) is 48.4 Å². The van der Waals surface area contributed by atoms with Crippen LogP contribution in [0.2, 0.25) is 0 Å². The van der Waals surface area contributed by atoms with Gasteiger partial charge in [-0.2, -0.15) is 5.10 Å². The Morgan fingerprint density at radius 1 is 1.30 bits per heavy atom. The molecular weight excluding hydrogens is 248 g/mol. The Morgan fingerprint density at radius 3 is 2.75 bits per heavy atom. The van der Waals surface area contributed by atoms with Gasteiger partial charge in [0, 0.05) is 38.3 Å². The number of nitrogens with two attached hydrogens (primary N) is 1. The summed E-state index contributed by atoms with van der Waals surface area (Å²) in [7, 11) is 4.13. The fourth-order valence-corrected chi connectivity index (χ4v) is 3.26. The van der Waals surface area contributed by atoms with Crippen molar-refractivity contribution in [3.05, 3.63) is 52.8 Å². The summed E-state index contributed by atoms with van der Waals surface area (Å²) in [4.78, 5) is 2.36. The molecule has 0 amide bonds. The lowest BCUT2D eigenvalue weighted by atomic mass is 9.82. The summed E-state index contributed by atoms with van der Waals surface area (Å²) < 4.78 is 1.87. The number of fused-ring (bicyclic) bond motifs is 1. The molecule has 1 aliphatic heterocycles. The second kappa shape index (κ2) is 5.04. The van der Waals surface area contributed by atoms with Crippen LogP contribution in [0.3, 0.4) is 0 Å². The lowest BCUT2D eigenvalue weighted by Crippen LogP contribution is -2.39. The molecule has 0 bridgehead atoms. The molecule has 0 aliphatic carbocycles. The van der Waals surface area contributed by atoms with E-state index in [9.17, 15) is 0 Å². The molecule has 0 radical (unpaired) electrons. The number of likely N-dealkylation sites (N-methyl/N-ethyl adjacent to an activating group) is 1. The standard InChI is InChI=1S/C16H22N4/c1-11-4-5-13-14(6-11)16(7-17)19(2)10-15(13)12-8-18-20(3)9-12/h4-6,8-9,15-16H,7,10,17H2,1-3H3. The van der Waals surface area contributed by atoms with Crippen LogP contribution in [0, 0.1) is 6.92 Å². The first-order valence-electron chi connectivity index (χ1n) is 7.09. The first-order chi connectivity index (χ1) is 9.60. The topological polar surface area (TPSA) is 47.1 Å². The summed E-state index contributed by atoms with van der Waals surface area (Å²) in [6, 6.07) is 7.06. The predicted molar refractivity (Wildman–Crippen MR) is 80.7 cm³/mol. The highest BCUT2D eigenvalue weighted by Crippen LogP contribution is 2.38. The van der Waals surface area contributed by atoms with Gasteiger partial charge >= 0.3 is 0 Å². The molecule has 106 valence electrons. The minimum absolute atomic E-state index is 0.317. The predicted octanol–water partition coefficient (Wildman–Crippen LogP) is 1.81. The Morgan fingerprint density at radius 2 is 2.10 bits per heavy atom. The van der Waals surface area contributed by atoms with Crippen LogP contribution in [0.5, 0.6) is 0 Å². The second-order valence-electron chi connectivity index (χ2n) is 5.82. The van der Waals surface area contributed by atoms with Gasteiger partial charge in [-0.15, -0.1) is 0 Å². The van der Waals surface area contributed by atoms with Crippen LogP contribution in [-0.2, 0) is 7.05 Å². The van der Waals surface area contributed by atoms with Crippen molar-refractivity contribution in [1.29, 1.82) is 0 Å². The van der Waals surface area contributed by atoms with E-state index in [-0.39, 0.29) is 0 Å². The number of hydrogen-bond donors (Lipinski definition) is 1. The van der Waals surface area contributed by atoms with Crippen molar-refractivity contribution < 1.29 is 0 Å². The molecule has 0 fully saturated rings. The van der Waals surface area contributed by atoms with Crippen LogP contribution in [0.1, 0.15) is 34.2 Å². The number of nitrogens with zero attached hydrogens (tertiary/aromatic N) is 3. The molecule has 2 atom stereocenters. The summed E-state index contributed by atoms with van der Waals surface area (Å²) in [5, 5.41) is 4.32. The van der Waals surface area contributed by atoms with E-state index < -0.39 is 0 Å². The largest absolute Gasteiger partial charge is 0.329 e. The van der Waals surface area contributed by atoms with Crippen molar-refractivity contribution in [2.75, 3.05) is 20.1 Å². The molecule has 2 unspecified atom stereocenters. The average Bonchev–Trinajstić information content (AvgIpc) is 2.84. The second-order valence-corrected chi connectivity index (χ2v) is 5.82. The van der Waals surface area contributed by atoms with Crippen LogP contribution in [0.4, 0.5) is 0 Å². The highest BCUT2D eigenvalue weighted by molar-refractivity contribution is 5.43. The van der Waals surface area contributed by atoms with Gasteiger partial charge in [0.05, 0.1) is 6.20 Å². The smallest absolute Gasteiger partial charge is 0.0528 e. The van der Waals surface area contributed by atoms with Gasteiger partial charge in [-0.1, -0.05) is 23.8 Å². The molecule has 0 saturated carbocycles. The van der Waals surface area contributed by atoms with Crippen molar-refractivity contribution in [1.82, 2.24) is 14.7 Å². The molecule has 3 rings (SSSR count). The maximum atomic E-state index is 5.99. The highest BCUT2D eigenvalue weighted by atomic mass is 15.2. The molecule has 1 aliphatic rings. The van der Waals surface area contributed by atoms with Gasteiger partial charge in [0.25, 0.3) is 0 Å². The quantitative estimate of drug-likeness (QED) is 0.905. The zero-order valence-corrected chi connectivity index (χ0v) is 12.4. The van der Waals surface area contributed by atoms with Gasteiger partial charge < -0.3 is 5.73 Å². The lowest BCUT2D eigenvalue weighted by Gasteiger charge is -2.38. The van der Waals surface area contributed by atoms with Crippen LogP contribution in [0.25, 0.3) is 0 Å². The fraction of sp³-hybridized carbons (Fsp3) is 0.438. The van der Waals surface area contributed by atoms with Gasteiger partial charge in [0.2, 0.25) is 0 Å². The third-order valence-electron chi connectivity index (χ3n) is 4.33. The van der Waals surface area contributed by atoms with E-state index in [1.807, 2.05) is 17.9 Å². The molecular formula is C16H22N4. The third-order valence-corrected chi connectivity index (χ3v) is 4.33. The van der Waals surface area contributed by atoms with Crippen molar-refractivity contribution in [3.63, 3.8) is 0 Å². The van der Waals surface area contributed by atoms with E-state index in [4.69, 9.17) is 5.73 Å². The number of aryl methyl sites for hydroxylation is 2. The summed E-state index contributed by atoms with van der Waals surface area (Å²) in [6.07, 6.45) is 4.09. The molecule has 0 spiro atoms. The Kier molecular flexibility index (Phi) is 3.36. The Balaban J connectivity index is 2.10. The monoisotopic (exact) mass is 270 g/mol. The van der Waals surface area contributed by atoms with Crippen molar-refractivity contribution >= 4 is 0 Å². The lowest BCUT2D eigenvalue weighted by molar-refractivity contribution is 0.223. The van der Waals surface area contributed by atoms with Crippen molar-refractivity contribution in [2.45, 2.75) is 18.9 Å².